The van der Waals surface area contributed by atoms with Gasteiger partial charge in [0.1, 0.15) is 12.2 Å². The van der Waals surface area contributed by atoms with Crippen molar-refractivity contribution in [1.29, 1.82) is 0 Å². The normalized spacial score (nSPS) is 10.6. The Labute approximate surface area is 146 Å². The SMILES string of the molecule is O=C(Cn1nc(C(=O)[O-])c2ccccc2c1=O)Nc1ccc(Cl)cc1. The van der Waals surface area contributed by atoms with Crippen LogP contribution in [0.15, 0.2) is 53.3 Å². The lowest BCUT2D eigenvalue weighted by atomic mass is 10.1. The molecular weight excluding hydrogens is 346 g/mol. The number of fused-ring (bicyclic) bond motifs is 1. The van der Waals surface area contributed by atoms with Crippen LogP contribution in [-0.4, -0.2) is 21.7 Å². The fourth-order valence-electron chi connectivity index (χ4n) is 2.36. The van der Waals surface area contributed by atoms with E-state index in [1.54, 1.807) is 36.4 Å². The van der Waals surface area contributed by atoms with E-state index in [0.29, 0.717) is 10.7 Å². The number of aromatic carboxylic acids is 1. The van der Waals surface area contributed by atoms with Crippen LogP contribution in [-0.2, 0) is 11.3 Å². The van der Waals surface area contributed by atoms with Crippen molar-refractivity contribution < 1.29 is 14.7 Å². The van der Waals surface area contributed by atoms with Gasteiger partial charge < -0.3 is 15.2 Å². The third kappa shape index (κ3) is 3.51. The summed E-state index contributed by atoms with van der Waals surface area (Å²) < 4.78 is 0.804. The van der Waals surface area contributed by atoms with Crippen molar-refractivity contribution in [2.75, 3.05) is 5.32 Å². The summed E-state index contributed by atoms with van der Waals surface area (Å²) >= 11 is 5.77. The maximum Gasteiger partial charge on any atom is 0.275 e. The molecule has 0 aliphatic carbocycles. The van der Waals surface area contributed by atoms with Gasteiger partial charge in [-0.15, -0.1) is 0 Å². The summed E-state index contributed by atoms with van der Waals surface area (Å²) in [5, 5.41) is 18.5. The number of carboxylic acids is 1. The molecule has 0 spiro atoms. The zero-order chi connectivity index (χ0) is 18.0. The molecule has 3 aromatic rings. The number of amides is 1. The van der Waals surface area contributed by atoms with E-state index in [0.717, 1.165) is 4.68 Å². The summed E-state index contributed by atoms with van der Waals surface area (Å²) in [6.45, 7) is -0.438. The third-order valence-corrected chi connectivity index (χ3v) is 3.73. The highest BCUT2D eigenvalue weighted by Crippen LogP contribution is 2.14. The van der Waals surface area contributed by atoms with E-state index < -0.39 is 29.7 Å². The first-order valence-electron chi connectivity index (χ1n) is 7.22. The van der Waals surface area contributed by atoms with Gasteiger partial charge in [-0.25, -0.2) is 4.68 Å². The first kappa shape index (κ1) is 16.7. The van der Waals surface area contributed by atoms with Crippen LogP contribution in [0.4, 0.5) is 5.69 Å². The van der Waals surface area contributed by atoms with Crippen LogP contribution in [0, 0.1) is 0 Å². The predicted molar refractivity (Wildman–Crippen MR) is 90.4 cm³/mol. The lowest BCUT2D eigenvalue weighted by Crippen LogP contribution is -2.34. The van der Waals surface area contributed by atoms with Crippen LogP contribution in [0.5, 0.6) is 0 Å². The summed E-state index contributed by atoms with van der Waals surface area (Å²) in [6.07, 6.45) is 0. The molecule has 126 valence electrons. The van der Waals surface area contributed by atoms with Crippen LogP contribution < -0.4 is 16.0 Å². The van der Waals surface area contributed by atoms with Crippen LogP contribution >= 0.6 is 11.6 Å². The number of carboxylic acid groups (broad SMARTS) is 1. The number of carbonyl (C=O) groups excluding carboxylic acids is 2. The molecule has 1 N–H and O–H groups in total. The topological polar surface area (TPSA) is 104 Å². The van der Waals surface area contributed by atoms with Crippen LogP contribution in [0.3, 0.4) is 0 Å². The van der Waals surface area contributed by atoms with E-state index in [9.17, 15) is 19.5 Å². The van der Waals surface area contributed by atoms with E-state index >= 15 is 0 Å². The minimum Gasteiger partial charge on any atom is -0.543 e. The average molecular weight is 357 g/mol. The monoisotopic (exact) mass is 356 g/mol. The first-order valence-corrected chi connectivity index (χ1v) is 7.60. The first-order chi connectivity index (χ1) is 12.0. The second kappa shape index (κ2) is 6.74. The fourth-order valence-corrected chi connectivity index (χ4v) is 2.49. The molecule has 0 unspecified atom stereocenters. The Kier molecular flexibility index (Phi) is 4.49. The second-order valence-electron chi connectivity index (χ2n) is 5.20. The van der Waals surface area contributed by atoms with E-state index in [1.165, 1.54) is 12.1 Å². The maximum absolute atomic E-state index is 12.4. The molecule has 0 aliphatic rings. The zero-order valence-electron chi connectivity index (χ0n) is 12.7. The van der Waals surface area contributed by atoms with Gasteiger partial charge in [-0.1, -0.05) is 29.8 Å². The number of anilines is 1. The van der Waals surface area contributed by atoms with Crippen molar-refractivity contribution >= 4 is 39.9 Å². The molecule has 0 aliphatic heterocycles. The molecule has 1 heterocycles. The molecule has 0 atom stereocenters. The smallest absolute Gasteiger partial charge is 0.275 e. The average Bonchev–Trinajstić information content (AvgIpc) is 2.59. The van der Waals surface area contributed by atoms with Crippen molar-refractivity contribution in [3.63, 3.8) is 0 Å². The number of halogens is 1. The van der Waals surface area contributed by atoms with E-state index in [2.05, 4.69) is 10.4 Å². The largest absolute Gasteiger partial charge is 0.543 e. The number of hydrogen-bond acceptors (Lipinski definition) is 5. The highest BCUT2D eigenvalue weighted by molar-refractivity contribution is 6.30. The van der Waals surface area contributed by atoms with Crippen LogP contribution in [0.25, 0.3) is 10.8 Å². The van der Waals surface area contributed by atoms with Gasteiger partial charge in [0.15, 0.2) is 0 Å². The van der Waals surface area contributed by atoms with Gasteiger partial charge in [0, 0.05) is 16.1 Å². The Morgan fingerprint density at radius 1 is 1.08 bits per heavy atom. The van der Waals surface area contributed by atoms with Crippen molar-refractivity contribution in [2.24, 2.45) is 0 Å². The van der Waals surface area contributed by atoms with Crippen molar-refractivity contribution in [1.82, 2.24) is 9.78 Å². The van der Waals surface area contributed by atoms with Crippen LogP contribution in [0.1, 0.15) is 10.5 Å². The molecule has 3 rings (SSSR count). The summed E-state index contributed by atoms with van der Waals surface area (Å²) in [6, 6.07) is 12.5. The summed E-state index contributed by atoms with van der Waals surface area (Å²) in [5.74, 6) is -2.06. The number of nitrogens with zero attached hydrogens (tertiary/aromatic N) is 2. The molecule has 0 saturated carbocycles. The minimum atomic E-state index is -1.52. The van der Waals surface area contributed by atoms with E-state index in [1.807, 2.05) is 0 Å². The minimum absolute atomic E-state index is 0.149. The Hall–Kier alpha value is -3.19. The van der Waals surface area contributed by atoms with Crippen molar-refractivity contribution in [3.05, 3.63) is 69.6 Å². The number of nitrogens with one attached hydrogen (secondary N) is 1. The quantitative estimate of drug-likeness (QED) is 0.752. The zero-order valence-corrected chi connectivity index (χ0v) is 13.5. The molecule has 1 amide bonds. The molecule has 2 aromatic carbocycles. The van der Waals surface area contributed by atoms with Gasteiger partial charge in [-0.05, 0) is 30.3 Å². The highest BCUT2D eigenvalue weighted by Gasteiger charge is 2.13. The number of benzene rings is 2. The lowest BCUT2D eigenvalue weighted by Gasteiger charge is -2.11. The van der Waals surface area contributed by atoms with Gasteiger partial charge in [0.2, 0.25) is 5.91 Å². The molecule has 0 bridgehead atoms. The number of aromatic nitrogens is 2. The van der Waals surface area contributed by atoms with E-state index in [-0.39, 0.29) is 10.8 Å². The van der Waals surface area contributed by atoms with Gasteiger partial charge in [-0.2, -0.15) is 5.10 Å². The molecule has 1 aromatic heterocycles. The van der Waals surface area contributed by atoms with Gasteiger partial charge in [-0.3, -0.25) is 9.59 Å². The number of carbonyl (C=O) groups is 2. The van der Waals surface area contributed by atoms with Crippen molar-refractivity contribution in [3.8, 4) is 0 Å². The molecular formula is C17H11ClN3O4-. The van der Waals surface area contributed by atoms with Gasteiger partial charge >= 0.3 is 0 Å². The molecule has 0 fully saturated rings. The van der Waals surface area contributed by atoms with Crippen molar-refractivity contribution in [2.45, 2.75) is 6.54 Å². The lowest BCUT2D eigenvalue weighted by molar-refractivity contribution is -0.255. The fraction of sp³-hybridized carbons (Fsp3) is 0.0588. The maximum atomic E-state index is 12.4. The van der Waals surface area contributed by atoms with Gasteiger partial charge in [0.25, 0.3) is 5.56 Å². The number of hydrogen-bond donors (Lipinski definition) is 1. The van der Waals surface area contributed by atoms with Gasteiger partial charge in [0.05, 0.1) is 11.4 Å². The molecule has 25 heavy (non-hydrogen) atoms. The third-order valence-electron chi connectivity index (χ3n) is 3.48. The molecule has 0 radical (unpaired) electrons. The molecule has 0 saturated heterocycles. The Morgan fingerprint density at radius 3 is 2.36 bits per heavy atom. The standard InChI is InChI=1S/C17H12ClN3O4/c18-10-5-7-11(8-6-10)19-14(22)9-21-16(23)13-4-2-1-3-12(13)15(20-21)17(24)25/h1-8H,9H2,(H,19,22)(H,24,25)/p-1. The van der Waals surface area contributed by atoms with E-state index in [4.69, 9.17) is 11.6 Å². The van der Waals surface area contributed by atoms with Crippen LogP contribution in [0.2, 0.25) is 5.02 Å². The Morgan fingerprint density at radius 2 is 1.72 bits per heavy atom. The second-order valence-corrected chi connectivity index (χ2v) is 5.64. The molecule has 8 heteroatoms. The summed E-state index contributed by atoms with van der Waals surface area (Å²) in [5.41, 5.74) is -0.468. The highest BCUT2D eigenvalue weighted by atomic mass is 35.5. The number of rotatable bonds is 4. The summed E-state index contributed by atoms with van der Waals surface area (Å²) in [4.78, 5) is 35.8. The molecule has 7 nitrogen and oxygen atoms in total. The summed E-state index contributed by atoms with van der Waals surface area (Å²) in [7, 11) is 0. The Balaban J connectivity index is 1.94. The predicted octanol–water partition coefficient (Wildman–Crippen LogP) is 1.05. The Bertz CT molecular complexity index is 1030.